The van der Waals surface area contributed by atoms with E-state index in [1.165, 1.54) is 18.2 Å². The smallest absolute Gasteiger partial charge is 0.238 e. The minimum atomic E-state index is -3.73. The molecule has 0 saturated heterocycles. The third kappa shape index (κ3) is 4.28. The van der Waals surface area contributed by atoms with Crippen molar-refractivity contribution in [2.75, 3.05) is 13.7 Å². The summed E-state index contributed by atoms with van der Waals surface area (Å²) in [5.74, 6) is 0.318. The molecule has 0 aliphatic rings. The standard InChI is InChI=1S/C10H13BrN2O4S/c1-13-10(14)4-5-17-9-3-2-7(6-8(9)11)18(12,15)16/h2-3,6H,4-5H2,1H3,(H,13,14)(H2,12,15,16). The van der Waals surface area contributed by atoms with Crippen LogP contribution in [0.25, 0.3) is 0 Å². The average molecular weight is 337 g/mol. The molecule has 1 amide bonds. The van der Waals surface area contributed by atoms with Gasteiger partial charge < -0.3 is 10.1 Å². The maximum atomic E-state index is 11.1. The first-order valence-corrected chi connectivity index (χ1v) is 7.34. The summed E-state index contributed by atoms with van der Waals surface area (Å²) >= 11 is 3.18. The van der Waals surface area contributed by atoms with Gasteiger partial charge in [0.05, 0.1) is 22.4 Å². The Balaban J connectivity index is 2.72. The lowest BCUT2D eigenvalue weighted by atomic mass is 10.3. The number of primary sulfonamides is 1. The van der Waals surface area contributed by atoms with Crippen LogP contribution in [0.15, 0.2) is 27.6 Å². The topological polar surface area (TPSA) is 98.5 Å². The van der Waals surface area contributed by atoms with Crippen molar-refractivity contribution in [2.24, 2.45) is 5.14 Å². The Morgan fingerprint density at radius 2 is 2.17 bits per heavy atom. The van der Waals surface area contributed by atoms with E-state index in [0.717, 1.165) is 0 Å². The van der Waals surface area contributed by atoms with Crippen molar-refractivity contribution >= 4 is 31.9 Å². The van der Waals surface area contributed by atoms with E-state index in [1.54, 1.807) is 7.05 Å². The Labute approximate surface area is 114 Å². The van der Waals surface area contributed by atoms with Crippen LogP contribution in [-0.4, -0.2) is 28.0 Å². The molecule has 0 aromatic heterocycles. The zero-order chi connectivity index (χ0) is 13.8. The van der Waals surface area contributed by atoms with E-state index in [1.807, 2.05) is 0 Å². The van der Waals surface area contributed by atoms with E-state index in [2.05, 4.69) is 21.2 Å². The van der Waals surface area contributed by atoms with Crippen LogP contribution in [0.5, 0.6) is 5.75 Å². The van der Waals surface area contributed by atoms with E-state index >= 15 is 0 Å². The highest BCUT2D eigenvalue weighted by Crippen LogP contribution is 2.27. The molecule has 0 atom stereocenters. The fourth-order valence-corrected chi connectivity index (χ4v) is 2.34. The van der Waals surface area contributed by atoms with E-state index in [-0.39, 0.29) is 23.8 Å². The van der Waals surface area contributed by atoms with Crippen LogP contribution in [0.3, 0.4) is 0 Å². The molecule has 3 N–H and O–H groups in total. The van der Waals surface area contributed by atoms with Gasteiger partial charge in [-0.3, -0.25) is 4.79 Å². The van der Waals surface area contributed by atoms with Crippen LogP contribution in [-0.2, 0) is 14.8 Å². The van der Waals surface area contributed by atoms with E-state index in [0.29, 0.717) is 10.2 Å². The monoisotopic (exact) mass is 336 g/mol. The van der Waals surface area contributed by atoms with Gasteiger partial charge in [0.25, 0.3) is 0 Å². The maximum absolute atomic E-state index is 11.1. The van der Waals surface area contributed by atoms with Gasteiger partial charge in [0.2, 0.25) is 15.9 Å². The number of rotatable bonds is 5. The quantitative estimate of drug-likeness (QED) is 0.822. The molecule has 8 heteroatoms. The van der Waals surface area contributed by atoms with Crippen molar-refractivity contribution in [1.82, 2.24) is 5.32 Å². The second kappa shape index (κ2) is 6.17. The van der Waals surface area contributed by atoms with Crippen molar-refractivity contribution in [1.29, 1.82) is 0 Å². The molecule has 0 bridgehead atoms. The molecule has 6 nitrogen and oxygen atoms in total. The average Bonchev–Trinajstić information content (AvgIpc) is 2.29. The van der Waals surface area contributed by atoms with Crippen LogP contribution in [0.4, 0.5) is 0 Å². The number of amides is 1. The molecule has 0 aliphatic carbocycles. The number of nitrogens with two attached hydrogens (primary N) is 1. The Hall–Kier alpha value is -1.12. The number of nitrogens with one attached hydrogen (secondary N) is 1. The Morgan fingerprint density at radius 3 is 2.67 bits per heavy atom. The van der Waals surface area contributed by atoms with Crippen molar-refractivity contribution in [3.8, 4) is 5.75 Å². The largest absolute Gasteiger partial charge is 0.492 e. The number of sulfonamides is 1. The molecular weight excluding hydrogens is 324 g/mol. The second-order valence-electron chi connectivity index (χ2n) is 3.41. The van der Waals surface area contributed by atoms with E-state index in [4.69, 9.17) is 9.88 Å². The van der Waals surface area contributed by atoms with Gasteiger partial charge >= 0.3 is 0 Å². The van der Waals surface area contributed by atoms with Gasteiger partial charge in [-0.1, -0.05) is 0 Å². The molecular formula is C10H13BrN2O4S. The number of ether oxygens (including phenoxy) is 1. The van der Waals surface area contributed by atoms with Gasteiger partial charge in [0.15, 0.2) is 0 Å². The van der Waals surface area contributed by atoms with Crippen LogP contribution in [0, 0.1) is 0 Å². The normalized spacial score (nSPS) is 11.1. The van der Waals surface area contributed by atoms with Crippen LogP contribution in [0.1, 0.15) is 6.42 Å². The molecule has 1 aromatic carbocycles. The molecule has 0 saturated carbocycles. The maximum Gasteiger partial charge on any atom is 0.238 e. The zero-order valence-corrected chi connectivity index (χ0v) is 12.0. The lowest BCUT2D eigenvalue weighted by molar-refractivity contribution is -0.121. The van der Waals surface area contributed by atoms with Gasteiger partial charge in [-0.05, 0) is 34.1 Å². The van der Waals surface area contributed by atoms with Gasteiger partial charge in [0.1, 0.15) is 5.75 Å². The third-order valence-electron chi connectivity index (χ3n) is 2.10. The Morgan fingerprint density at radius 1 is 1.50 bits per heavy atom. The fraction of sp³-hybridized carbons (Fsp3) is 0.300. The Bertz CT molecular complexity index is 545. The highest BCUT2D eigenvalue weighted by atomic mass is 79.9. The molecule has 1 rings (SSSR count). The molecule has 0 unspecified atom stereocenters. The summed E-state index contributed by atoms with van der Waals surface area (Å²) in [7, 11) is -2.19. The van der Waals surface area contributed by atoms with Gasteiger partial charge in [-0.25, -0.2) is 13.6 Å². The number of hydrogen-bond donors (Lipinski definition) is 2. The number of hydrogen-bond acceptors (Lipinski definition) is 4. The Kier molecular flexibility index (Phi) is 5.12. The minimum absolute atomic E-state index is 0.00646. The number of benzene rings is 1. The number of carbonyl (C=O) groups is 1. The zero-order valence-electron chi connectivity index (χ0n) is 9.64. The second-order valence-corrected chi connectivity index (χ2v) is 5.82. The summed E-state index contributed by atoms with van der Waals surface area (Å²) in [4.78, 5) is 11.0. The summed E-state index contributed by atoms with van der Waals surface area (Å²) in [5.41, 5.74) is 0. The highest BCUT2D eigenvalue weighted by molar-refractivity contribution is 9.10. The number of carbonyl (C=O) groups excluding carboxylic acids is 1. The highest BCUT2D eigenvalue weighted by Gasteiger charge is 2.11. The molecule has 1 aromatic rings. The molecule has 0 heterocycles. The van der Waals surface area contributed by atoms with Crippen molar-refractivity contribution in [2.45, 2.75) is 11.3 Å². The van der Waals surface area contributed by atoms with Crippen LogP contribution in [0.2, 0.25) is 0 Å². The molecule has 18 heavy (non-hydrogen) atoms. The molecule has 0 radical (unpaired) electrons. The number of halogens is 1. The summed E-state index contributed by atoms with van der Waals surface area (Å²) in [6.07, 6.45) is 0.222. The lowest BCUT2D eigenvalue weighted by Gasteiger charge is -2.08. The van der Waals surface area contributed by atoms with Crippen molar-refractivity contribution < 1.29 is 17.9 Å². The molecule has 0 spiro atoms. The summed E-state index contributed by atoms with van der Waals surface area (Å²) in [6, 6.07) is 4.17. The fourth-order valence-electron chi connectivity index (χ4n) is 1.15. The predicted octanol–water partition coefficient (Wildman–Crippen LogP) is 0.611. The first-order valence-electron chi connectivity index (χ1n) is 5.00. The van der Waals surface area contributed by atoms with E-state index < -0.39 is 10.0 Å². The van der Waals surface area contributed by atoms with Gasteiger partial charge in [-0.2, -0.15) is 0 Å². The van der Waals surface area contributed by atoms with Crippen molar-refractivity contribution in [3.63, 3.8) is 0 Å². The summed E-state index contributed by atoms with van der Waals surface area (Å²) < 4.78 is 28.0. The summed E-state index contributed by atoms with van der Waals surface area (Å²) in [6.45, 7) is 0.201. The van der Waals surface area contributed by atoms with Crippen molar-refractivity contribution in [3.05, 3.63) is 22.7 Å². The SMILES string of the molecule is CNC(=O)CCOc1ccc(S(N)(=O)=O)cc1Br. The predicted molar refractivity (Wildman–Crippen MR) is 69.7 cm³/mol. The van der Waals surface area contributed by atoms with Crippen LogP contribution >= 0.6 is 15.9 Å². The first-order chi connectivity index (χ1) is 8.34. The van der Waals surface area contributed by atoms with Gasteiger partial charge in [0, 0.05) is 7.05 Å². The summed E-state index contributed by atoms with van der Waals surface area (Å²) in [5, 5.41) is 7.46. The minimum Gasteiger partial charge on any atom is -0.492 e. The van der Waals surface area contributed by atoms with Gasteiger partial charge in [-0.15, -0.1) is 0 Å². The van der Waals surface area contributed by atoms with Crippen LogP contribution < -0.4 is 15.2 Å². The molecule has 100 valence electrons. The molecule has 0 aliphatic heterocycles. The third-order valence-corrected chi connectivity index (χ3v) is 3.63. The van der Waals surface area contributed by atoms with E-state index in [9.17, 15) is 13.2 Å². The lowest BCUT2D eigenvalue weighted by Crippen LogP contribution is -2.20. The first kappa shape index (κ1) is 14.9. The molecule has 0 fully saturated rings.